The number of cyclic esters (lactones) is 1. The van der Waals surface area contributed by atoms with E-state index in [-0.39, 0.29) is 28.3 Å². The van der Waals surface area contributed by atoms with Crippen molar-refractivity contribution in [1.29, 1.82) is 0 Å². The predicted molar refractivity (Wildman–Crippen MR) is 101 cm³/mol. The molecule has 3 rings (SSSR count). The summed E-state index contributed by atoms with van der Waals surface area (Å²) in [6.45, 7) is 0. The van der Waals surface area contributed by atoms with Gasteiger partial charge in [0.25, 0.3) is 0 Å². The average molecular weight is 405 g/mol. The van der Waals surface area contributed by atoms with Crippen molar-refractivity contribution in [2.24, 2.45) is 5.73 Å². The fourth-order valence-electron chi connectivity index (χ4n) is 3.00. The molecule has 3 N–H and O–H groups in total. The summed E-state index contributed by atoms with van der Waals surface area (Å²) < 4.78 is 15.8. The fourth-order valence-corrected chi connectivity index (χ4v) is 3.21. The number of nitrogens with two attached hydrogens (primary N) is 1. The number of carbonyl (C=O) groups is 3. The Labute approximate surface area is 165 Å². The minimum Gasteiger partial charge on any atom is -0.493 e. The highest BCUT2D eigenvalue weighted by Gasteiger charge is 2.36. The molecule has 2 amide bonds. The molecule has 0 spiro atoms. The van der Waals surface area contributed by atoms with Crippen molar-refractivity contribution < 1.29 is 28.6 Å². The molecule has 28 heavy (non-hydrogen) atoms. The van der Waals surface area contributed by atoms with Crippen molar-refractivity contribution in [1.82, 2.24) is 0 Å². The van der Waals surface area contributed by atoms with Gasteiger partial charge in [0.1, 0.15) is 11.7 Å². The molecular weight excluding hydrogens is 388 g/mol. The molecule has 1 aliphatic heterocycles. The first-order valence-corrected chi connectivity index (χ1v) is 8.58. The van der Waals surface area contributed by atoms with Crippen LogP contribution in [0.3, 0.4) is 0 Å². The van der Waals surface area contributed by atoms with Gasteiger partial charge in [-0.05, 0) is 24.3 Å². The Bertz CT molecular complexity index is 975. The number of amides is 2. The number of carbonyl (C=O) groups excluding carboxylic acids is 3. The topological polar surface area (TPSA) is 117 Å². The zero-order chi connectivity index (χ0) is 20.4. The number of rotatable bonds is 6. The summed E-state index contributed by atoms with van der Waals surface area (Å²) in [5.41, 5.74) is 6.46. The molecular formula is C19H17ClN2O6. The third kappa shape index (κ3) is 3.59. The van der Waals surface area contributed by atoms with Gasteiger partial charge in [0.2, 0.25) is 11.8 Å². The standard InChI is InChI=1S/C19H17ClN2O6/c1-26-13-6-4-10-14(28-19(25)16(10)17(13)27-2)8-15(23)22-9-3-5-12(20)11(7-9)18(21)24/h3-7,14H,8H2,1-2H3,(H2,21,24)(H,22,23). The largest absolute Gasteiger partial charge is 0.493 e. The molecule has 0 fully saturated rings. The fraction of sp³-hybridized carbons (Fsp3) is 0.211. The highest BCUT2D eigenvalue weighted by molar-refractivity contribution is 6.34. The summed E-state index contributed by atoms with van der Waals surface area (Å²) >= 11 is 5.90. The maximum atomic E-state index is 12.4. The van der Waals surface area contributed by atoms with E-state index in [1.807, 2.05) is 0 Å². The average Bonchev–Trinajstić information content (AvgIpc) is 2.97. The second-order valence-electron chi connectivity index (χ2n) is 5.97. The van der Waals surface area contributed by atoms with Gasteiger partial charge in [-0.3, -0.25) is 9.59 Å². The highest BCUT2D eigenvalue weighted by Crippen LogP contribution is 2.43. The van der Waals surface area contributed by atoms with Crippen molar-refractivity contribution >= 4 is 35.1 Å². The van der Waals surface area contributed by atoms with Gasteiger partial charge in [-0.15, -0.1) is 0 Å². The van der Waals surface area contributed by atoms with E-state index >= 15 is 0 Å². The minimum absolute atomic E-state index is 0.0916. The summed E-state index contributed by atoms with van der Waals surface area (Å²) in [7, 11) is 2.88. The van der Waals surface area contributed by atoms with Crippen LogP contribution in [0.4, 0.5) is 5.69 Å². The second kappa shape index (κ2) is 7.77. The molecule has 0 aromatic heterocycles. The number of benzene rings is 2. The van der Waals surface area contributed by atoms with Gasteiger partial charge in [-0.2, -0.15) is 0 Å². The number of primary amides is 1. The minimum atomic E-state index is -0.773. The normalized spacial score (nSPS) is 14.8. The van der Waals surface area contributed by atoms with Crippen LogP contribution in [-0.4, -0.2) is 32.0 Å². The second-order valence-corrected chi connectivity index (χ2v) is 6.38. The first-order valence-electron chi connectivity index (χ1n) is 8.20. The van der Waals surface area contributed by atoms with E-state index in [0.717, 1.165) is 0 Å². The summed E-state index contributed by atoms with van der Waals surface area (Å²) in [6.07, 6.45) is -0.895. The number of methoxy groups -OCH3 is 2. The maximum Gasteiger partial charge on any atom is 0.343 e. The molecule has 1 atom stereocenters. The molecule has 0 saturated heterocycles. The lowest BCUT2D eigenvalue weighted by molar-refractivity contribution is -0.118. The highest BCUT2D eigenvalue weighted by atomic mass is 35.5. The number of anilines is 1. The van der Waals surface area contributed by atoms with Crippen LogP contribution in [0.15, 0.2) is 30.3 Å². The van der Waals surface area contributed by atoms with Gasteiger partial charge >= 0.3 is 5.97 Å². The lowest BCUT2D eigenvalue weighted by Gasteiger charge is -2.13. The first-order chi connectivity index (χ1) is 13.3. The molecule has 0 aliphatic carbocycles. The molecule has 2 aromatic rings. The van der Waals surface area contributed by atoms with E-state index in [0.29, 0.717) is 17.0 Å². The predicted octanol–water partition coefficient (Wildman–Crippen LogP) is 2.70. The summed E-state index contributed by atoms with van der Waals surface area (Å²) in [5, 5.41) is 2.82. The van der Waals surface area contributed by atoms with Crippen molar-refractivity contribution in [2.75, 3.05) is 19.5 Å². The van der Waals surface area contributed by atoms with Crippen LogP contribution in [0, 0.1) is 0 Å². The van der Waals surface area contributed by atoms with Gasteiger partial charge in [0, 0.05) is 11.3 Å². The van der Waals surface area contributed by atoms with Gasteiger partial charge in [-0.25, -0.2) is 4.79 Å². The maximum absolute atomic E-state index is 12.4. The summed E-state index contributed by atoms with van der Waals surface area (Å²) in [6, 6.07) is 7.68. The summed E-state index contributed by atoms with van der Waals surface area (Å²) in [5.74, 6) is -1.06. The van der Waals surface area contributed by atoms with Crippen LogP contribution < -0.4 is 20.5 Å². The number of halogens is 1. The van der Waals surface area contributed by atoms with Crippen LogP contribution in [0.1, 0.15) is 38.8 Å². The van der Waals surface area contributed by atoms with E-state index in [1.165, 1.54) is 32.4 Å². The van der Waals surface area contributed by atoms with E-state index in [9.17, 15) is 14.4 Å². The third-order valence-electron chi connectivity index (χ3n) is 4.26. The monoisotopic (exact) mass is 404 g/mol. The van der Waals surface area contributed by atoms with Gasteiger partial charge < -0.3 is 25.3 Å². The molecule has 8 nitrogen and oxygen atoms in total. The number of hydrogen-bond donors (Lipinski definition) is 2. The van der Waals surface area contributed by atoms with E-state index in [4.69, 9.17) is 31.5 Å². The molecule has 146 valence electrons. The Morgan fingerprint density at radius 1 is 1.21 bits per heavy atom. The molecule has 1 aliphatic rings. The smallest absolute Gasteiger partial charge is 0.343 e. The Morgan fingerprint density at radius 2 is 1.96 bits per heavy atom. The van der Waals surface area contributed by atoms with Gasteiger partial charge in [0.15, 0.2) is 11.5 Å². The molecule has 9 heteroatoms. The van der Waals surface area contributed by atoms with E-state index < -0.39 is 23.9 Å². The van der Waals surface area contributed by atoms with Crippen molar-refractivity contribution in [2.45, 2.75) is 12.5 Å². The van der Waals surface area contributed by atoms with Crippen LogP contribution in [-0.2, 0) is 9.53 Å². The first kappa shape index (κ1) is 19.5. The number of esters is 1. The number of fused-ring (bicyclic) bond motifs is 1. The Kier molecular flexibility index (Phi) is 5.41. The van der Waals surface area contributed by atoms with E-state index in [2.05, 4.69) is 5.32 Å². The van der Waals surface area contributed by atoms with Crippen LogP contribution in [0.2, 0.25) is 5.02 Å². The van der Waals surface area contributed by atoms with Crippen molar-refractivity contribution in [3.8, 4) is 11.5 Å². The zero-order valence-electron chi connectivity index (χ0n) is 15.1. The molecule has 1 unspecified atom stereocenters. The molecule has 0 bridgehead atoms. The number of ether oxygens (including phenoxy) is 3. The quantitative estimate of drug-likeness (QED) is 0.715. The number of nitrogens with one attached hydrogen (secondary N) is 1. The summed E-state index contributed by atoms with van der Waals surface area (Å²) in [4.78, 5) is 36.1. The zero-order valence-corrected chi connectivity index (χ0v) is 15.8. The molecule has 1 heterocycles. The Hall–Kier alpha value is -3.26. The van der Waals surface area contributed by atoms with Gasteiger partial charge in [-0.1, -0.05) is 17.7 Å². The Morgan fingerprint density at radius 3 is 2.61 bits per heavy atom. The SMILES string of the molecule is COc1ccc2c(c1OC)C(=O)OC2CC(=O)Nc1ccc(Cl)c(C(N)=O)c1. The van der Waals surface area contributed by atoms with Crippen molar-refractivity contribution in [3.05, 3.63) is 52.0 Å². The molecule has 0 saturated carbocycles. The van der Waals surface area contributed by atoms with Crippen LogP contribution in [0.5, 0.6) is 11.5 Å². The van der Waals surface area contributed by atoms with Gasteiger partial charge in [0.05, 0.1) is 31.2 Å². The van der Waals surface area contributed by atoms with Crippen LogP contribution >= 0.6 is 11.6 Å². The van der Waals surface area contributed by atoms with Crippen LogP contribution in [0.25, 0.3) is 0 Å². The lowest BCUT2D eigenvalue weighted by atomic mass is 10.0. The Balaban J connectivity index is 1.79. The number of hydrogen-bond acceptors (Lipinski definition) is 6. The third-order valence-corrected chi connectivity index (χ3v) is 4.59. The van der Waals surface area contributed by atoms with E-state index in [1.54, 1.807) is 12.1 Å². The lowest BCUT2D eigenvalue weighted by Crippen LogP contribution is -2.17. The molecule has 0 radical (unpaired) electrons. The van der Waals surface area contributed by atoms with Crippen molar-refractivity contribution in [3.63, 3.8) is 0 Å². The molecule has 2 aromatic carbocycles.